The lowest BCUT2D eigenvalue weighted by Crippen LogP contribution is -2.55. The molecule has 2 bridgehead atoms. The van der Waals surface area contributed by atoms with Gasteiger partial charge in [0.2, 0.25) is 10.0 Å². The molecule has 46 heavy (non-hydrogen) atoms. The Morgan fingerprint density at radius 2 is 1.96 bits per heavy atom. The fraction of sp³-hybridized carbons (Fsp3) is 0.543. The lowest BCUT2D eigenvalue weighted by molar-refractivity contribution is -0.156. The fourth-order valence-corrected chi connectivity index (χ4v) is 9.45. The molecule has 2 aliphatic heterocycles. The number of aryl methyl sites for hydroxylation is 1. The number of amides is 1. The van der Waals surface area contributed by atoms with Crippen LogP contribution >= 0.6 is 11.6 Å². The molecule has 11 heteroatoms. The number of rotatable bonds is 2. The van der Waals surface area contributed by atoms with Crippen molar-refractivity contribution in [2.75, 3.05) is 24.6 Å². The van der Waals surface area contributed by atoms with Crippen LogP contribution in [0.1, 0.15) is 74.4 Å². The number of allylic oxidation sites excluding steroid dienone is 1. The third-order valence-electron chi connectivity index (χ3n) is 11.2. The van der Waals surface area contributed by atoms with Crippen LogP contribution in [0, 0.1) is 23.7 Å². The van der Waals surface area contributed by atoms with E-state index >= 15 is 0 Å². The zero-order valence-electron chi connectivity index (χ0n) is 26.5. The Morgan fingerprint density at radius 1 is 1.17 bits per heavy atom. The van der Waals surface area contributed by atoms with Crippen molar-refractivity contribution in [1.29, 1.82) is 0 Å². The lowest BCUT2D eigenvalue weighted by atomic mass is 9.60. The summed E-state index contributed by atoms with van der Waals surface area (Å²) in [6.07, 6.45) is 7.80. The molecule has 7 atom stereocenters. The number of sulfonamides is 1. The molecule has 2 aromatic carbocycles. The minimum absolute atomic E-state index is 0.0326. The number of aliphatic carboxylic acids is 1. The SMILES string of the molecule is C[C@H](C(=O)O)[C@@]1(O)/C=C/C[C@H](C)[C@@H](C)S(=O)(=O)NC(=O)c2ccc3c(c2)N(C[C@@H]2CC[C@H]21)C[C@@]1(CCCc2cc(Cl)ccc21)CO3. The summed E-state index contributed by atoms with van der Waals surface area (Å²) in [5, 5.41) is 21.9. The van der Waals surface area contributed by atoms with Crippen LogP contribution in [-0.4, -0.2) is 61.1 Å². The van der Waals surface area contributed by atoms with E-state index in [1.807, 2.05) is 12.1 Å². The molecule has 1 amide bonds. The lowest BCUT2D eigenvalue weighted by Gasteiger charge is -2.50. The third-order valence-corrected chi connectivity index (χ3v) is 13.4. The second kappa shape index (κ2) is 12.2. The fourth-order valence-electron chi connectivity index (χ4n) is 7.97. The van der Waals surface area contributed by atoms with Gasteiger partial charge in [0.25, 0.3) is 5.91 Å². The molecule has 0 unspecified atom stereocenters. The summed E-state index contributed by atoms with van der Waals surface area (Å²) in [4.78, 5) is 27.9. The van der Waals surface area contributed by atoms with Crippen molar-refractivity contribution >= 4 is 39.2 Å². The molecule has 6 rings (SSSR count). The molecule has 4 aliphatic rings. The van der Waals surface area contributed by atoms with Crippen molar-refractivity contribution in [2.24, 2.45) is 23.7 Å². The van der Waals surface area contributed by atoms with Crippen LogP contribution < -0.4 is 14.4 Å². The van der Waals surface area contributed by atoms with Gasteiger partial charge in [-0.1, -0.05) is 36.7 Å². The Balaban J connectivity index is 1.47. The predicted octanol–water partition coefficient (Wildman–Crippen LogP) is 5.34. The number of anilines is 1. The van der Waals surface area contributed by atoms with E-state index in [9.17, 15) is 28.2 Å². The summed E-state index contributed by atoms with van der Waals surface area (Å²) in [5.41, 5.74) is 1.25. The molecule has 1 saturated carbocycles. The maximum Gasteiger partial charge on any atom is 0.309 e. The van der Waals surface area contributed by atoms with Gasteiger partial charge in [-0.15, -0.1) is 0 Å². The molecule has 1 spiro atoms. The van der Waals surface area contributed by atoms with Gasteiger partial charge in [-0.05, 0) is 112 Å². The molecule has 0 aromatic heterocycles. The Hall–Kier alpha value is -3.08. The number of carboxylic acid groups (broad SMARTS) is 1. The number of fused-ring (bicyclic) bond motifs is 4. The normalized spacial score (nSPS) is 33.7. The van der Waals surface area contributed by atoms with Gasteiger partial charge in [0, 0.05) is 29.1 Å². The van der Waals surface area contributed by atoms with Gasteiger partial charge in [-0.2, -0.15) is 0 Å². The Kier molecular flexibility index (Phi) is 8.70. The molecule has 0 radical (unpaired) electrons. The number of carbonyl (C=O) groups is 2. The van der Waals surface area contributed by atoms with Gasteiger partial charge in [-0.3, -0.25) is 9.59 Å². The van der Waals surface area contributed by atoms with Gasteiger partial charge >= 0.3 is 5.97 Å². The zero-order chi connectivity index (χ0) is 33.0. The van der Waals surface area contributed by atoms with Crippen molar-refractivity contribution in [1.82, 2.24) is 4.72 Å². The highest BCUT2D eigenvalue weighted by Crippen LogP contribution is 2.50. The zero-order valence-corrected chi connectivity index (χ0v) is 28.1. The molecule has 2 heterocycles. The summed E-state index contributed by atoms with van der Waals surface area (Å²) < 4.78 is 35.4. The highest BCUT2D eigenvalue weighted by atomic mass is 35.5. The Bertz CT molecular complexity index is 1680. The van der Waals surface area contributed by atoms with Gasteiger partial charge in [0.15, 0.2) is 0 Å². The van der Waals surface area contributed by atoms with E-state index in [2.05, 4.69) is 15.7 Å². The van der Waals surface area contributed by atoms with Gasteiger partial charge in [0.05, 0.1) is 29.1 Å². The minimum atomic E-state index is -4.05. The number of hydrogen-bond donors (Lipinski definition) is 3. The van der Waals surface area contributed by atoms with Crippen LogP contribution in [0.2, 0.25) is 5.02 Å². The molecule has 248 valence electrons. The van der Waals surface area contributed by atoms with Crippen molar-refractivity contribution < 1.29 is 33.0 Å². The maximum atomic E-state index is 13.4. The van der Waals surface area contributed by atoms with Gasteiger partial charge in [0.1, 0.15) is 5.75 Å². The van der Waals surface area contributed by atoms with Crippen molar-refractivity contribution in [3.05, 3.63) is 70.3 Å². The number of carboxylic acids is 1. The van der Waals surface area contributed by atoms with Crippen LogP contribution in [0.3, 0.4) is 0 Å². The minimum Gasteiger partial charge on any atom is -0.490 e. The van der Waals surface area contributed by atoms with E-state index in [1.54, 1.807) is 44.2 Å². The molecule has 2 aromatic rings. The van der Waals surface area contributed by atoms with Crippen molar-refractivity contribution in [2.45, 2.75) is 75.6 Å². The third kappa shape index (κ3) is 5.81. The van der Waals surface area contributed by atoms with Crippen molar-refractivity contribution in [3.8, 4) is 5.75 Å². The van der Waals surface area contributed by atoms with E-state index in [4.69, 9.17) is 16.3 Å². The van der Waals surface area contributed by atoms with E-state index in [0.29, 0.717) is 42.6 Å². The van der Waals surface area contributed by atoms with Crippen LogP contribution in [0.15, 0.2) is 48.6 Å². The molecule has 9 nitrogen and oxygen atoms in total. The highest BCUT2D eigenvalue weighted by molar-refractivity contribution is 7.90. The molecule has 3 N–H and O–H groups in total. The average molecular weight is 671 g/mol. The molecule has 0 saturated heterocycles. The second-order valence-electron chi connectivity index (χ2n) is 14.0. The number of nitrogens with zero attached hydrogens (tertiary/aromatic N) is 1. The van der Waals surface area contributed by atoms with E-state index < -0.39 is 44.6 Å². The first kappa shape index (κ1) is 32.8. The van der Waals surface area contributed by atoms with E-state index in [0.717, 1.165) is 25.7 Å². The summed E-state index contributed by atoms with van der Waals surface area (Å²) >= 11 is 6.40. The van der Waals surface area contributed by atoms with Crippen LogP contribution in [0.25, 0.3) is 0 Å². The number of benzene rings is 2. The summed E-state index contributed by atoms with van der Waals surface area (Å²) in [5.74, 6) is -3.04. The molecular weight excluding hydrogens is 628 g/mol. The first-order valence-corrected chi connectivity index (χ1v) is 18.2. The van der Waals surface area contributed by atoms with Gasteiger partial charge in [-0.25, -0.2) is 13.1 Å². The smallest absolute Gasteiger partial charge is 0.309 e. The topological polar surface area (TPSA) is 133 Å². The number of hydrogen-bond acceptors (Lipinski definition) is 7. The van der Waals surface area contributed by atoms with Gasteiger partial charge < -0.3 is 19.8 Å². The highest BCUT2D eigenvalue weighted by Gasteiger charge is 2.52. The summed E-state index contributed by atoms with van der Waals surface area (Å²) in [6.45, 7) is 6.33. The first-order chi connectivity index (χ1) is 21.7. The monoisotopic (exact) mass is 670 g/mol. The molecule has 1 fully saturated rings. The quantitative estimate of drug-likeness (QED) is 0.365. The maximum absolute atomic E-state index is 13.4. The Labute approximate surface area is 276 Å². The predicted molar refractivity (Wildman–Crippen MR) is 177 cm³/mol. The number of halogens is 1. The van der Waals surface area contributed by atoms with Crippen molar-refractivity contribution in [3.63, 3.8) is 0 Å². The number of ether oxygens (including phenoxy) is 1. The molecule has 2 aliphatic carbocycles. The Morgan fingerprint density at radius 3 is 2.67 bits per heavy atom. The van der Waals surface area contributed by atoms with Crippen LogP contribution in [0.4, 0.5) is 5.69 Å². The summed E-state index contributed by atoms with van der Waals surface area (Å²) in [6, 6.07) is 11.0. The van der Waals surface area contributed by atoms with E-state index in [1.165, 1.54) is 18.1 Å². The number of carbonyl (C=O) groups excluding carboxylic acids is 1. The number of nitrogens with one attached hydrogen (secondary N) is 1. The number of aliphatic hydroxyl groups is 1. The summed E-state index contributed by atoms with van der Waals surface area (Å²) in [7, 11) is -4.05. The standard InChI is InChI=1S/C35H43ClN2O7S/c1-21-6-4-15-35(42,22(2)33(40)41)29-11-8-26(29)18-38-19-34(14-5-7-24-16-27(36)10-12-28(24)34)20-45-31-13-9-25(17-30(31)38)32(39)37-46(43,44)23(21)3/h4,9-10,12-13,15-17,21-23,26,29,42H,5-8,11,14,18-20H2,1-3H3,(H,37,39)(H,40,41)/b15-4+/t21-,22+,23+,26-,29+,34-,35-/m0/s1. The average Bonchev–Trinajstić information content (AvgIpc) is 3.14. The van der Waals surface area contributed by atoms with E-state index in [-0.39, 0.29) is 29.2 Å². The first-order valence-electron chi connectivity index (χ1n) is 16.2. The van der Waals surface area contributed by atoms with Crippen LogP contribution in [-0.2, 0) is 26.7 Å². The second-order valence-corrected chi connectivity index (χ2v) is 16.4. The molecular formula is C35H43ClN2O7S. The van der Waals surface area contributed by atoms with Crippen LogP contribution in [0.5, 0.6) is 5.75 Å². The largest absolute Gasteiger partial charge is 0.490 e.